The molecule has 0 aliphatic heterocycles. The van der Waals surface area contributed by atoms with Crippen molar-refractivity contribution in [2.75, 3.05) is 6.61 Å². The first kappa shape index (κ1) is 18.5. The van der Waals surface area contributed by atoms with E-state index in [2.05, 4.69) is 22.9 Å². The van der Waals surface area contributed by atoms with Crippen molar-refractivity contribution >= 4 is 26.0 Å². The minimum Gasteiger partial charge on any atom is -0.492 e. The van der Waals surface area contributed by atoms with E-state index in [4.69, 9.17) is 9.88 Å². The first-order valence-electron chi connectivity index (χ1n) is 7.32. The van der Waals surface area contributed by atoms with Crippen LogP contribution in [0, 0.1) is 6.92 Å². The predicted molar refractivity (Wildman–Crippen MR) is 89.1 cm³/mol. The molecule has 4 nitrogen and oxygen atoms in total. The smallest absolute Gasteiger partial charge is 0.241 e. The molecule has 0 bridgehead atoms. The first-order valence-corrected chi connectivity index (χ1v) is 9.66. The number of ether oxygens (including phenoxy) is 1. The molecular weight excluding hydrogens is 354 g/mol. The summed E-state index contributed by atoms with van der Waals surface area (Å²) in [7, 11) is -3.79. The molecule has 1 aromatic rings. The molecule has 120 valence electrons. The Labute approximate surface area is 136 Å². The lowest BCUT2D eigenvalue weighted by Crippen LogP contribution is -2.15. The van der Waals surface area contributed by atoms with E-state index in [1.54, 1.807) is 0 Å². The summed E-state index contributed by atoms with van der Waals surface area (Å²) in [6.07, 6.45) is 6.95. The monoisotopic (exact) mass is 377 g/mol. The van der Waals surface area contributed by atoms with Crippen LogP contribution in [0.2, 0.25) is 0 Å². The van der Waals surface area contributed by atoms with Crippen molar-refractivity contribution in [3.63, 3.8) is 0 Å². The number of hydrogen-bond donors (Lipinski definition) is 1. The quantitative estimate of drug-likeness (QED) is 0.657. The Morgan fingerprint density at radius 3 is 2.38 bits per heavy atom. The Morgan fingerprint density at radius 1 is 1.14 bits per heavy atom. The van der Waals surface area contributed by atoms with Crippen molar-refractivity contribution in [1.29, 1.82) is 0 Å². The molecular formula is C15H24BrNO3S. The summed E-state index contributed by atoms with van der Waals surface area (Å²) < 4.78 is 29.6. The van der Waals surface area contributed by atoms with Gasteiger partial charge in [0.05, 0.1) is 6.61 Å². The summed E-state index contributed by atoms with van der Waals surface area (Å²) in [5, 5.41) is 5.25. The minimum absolute atomic E-state index is 0.0420. The van der Waals surface area contributed by atoms with Crippen molar-refractivity contribution in [1.82, 2.24) is 0 Å². The molecule has 0 unspecified atom stereocenters. The zero-order valence-electron chi connectivity index (χ0n) is 12.7. The number of nitrogens with two attached hydrogens (primary N) is 1. The van der Waals surface area contributed by atoms with Crippen molar-refractivity contribution in [3.05, 3.63) is 22.2 Å². The van der Waals surface area contributed by atoms with Crippen LogP contribution in [0.4, 0.5) is 0 Å². The number of unbranched alkanes of at least 4 members (excludes halogenated alkanes) is 5. The fourth-order valence-corrected chi connectivity index (χ4v) is 3.65. The zero-order chi connectivity index (χ0) is 15.9. The maximum atomic E-state index is 11.6. The fraction of sp³-hybridized carbons (Fsp3) is 0.600. The highest BCUT2D eigenvalue weighted by Crippen LogP contribution is 2.31. The number of aryl methyl sites for hydroxylation is 1. The largest absolute Gasteiger partial charge is 0.492 e. The second-order valence-corrected chi connectivity index (χ2v) is 7.66. The zero-order valence-corrected chi connectivity index (χ0v) is 15.1. The number of rotatable bonds is 9. The standard InChI is InChI=1S/C15H24BrNO3S/c1-3-4-5-6-7-8-9-20-15-12(2)10-13(16)11-14(15)21(17,18)19/h10-11H,3-9H2,1-2H3,(H2,17,18,19). The Bertz CT molecular complexity index is 558. The van der Waals surface area contributed by atoms with Gasteiger partial charge in [0.2, 0.25) is 10.0 Å². The van der Waals surface area contributed by atoms with E-state index < -0.39 is 10.0 Å². The average Bonchev–Trinajstić information content (AvgIpc) is 2.38. The molecule has 0 fully saturated rings. The van der Waals surface area contributed by atoms with Crippen LogP contribution in [0.15, 0.2) is 21.5 Å². The molecule has 0 radical (unpaired) electrons. The van der Waals surface area contributed by atoms with Crippen LogP contribution < -0.4 is 9.88 Å². The molecule has 1 aromatic carbocycles. The summed E-state index contributed by atoms with van der Waals surface area (Å²) in [5.74, 6) is 0.370. The van der Waals surface area contributed by atoms with Crippen LogP contribution in [0.3, 0.4) is 0 Å². The third-order valence-electron chi connectivity index (χ3n) is 3.26. The summed E-state index contributed by atoms with van der Waals surface area (Å²) in [6.45, 7) is 4.52. The number of halogens is 1. The van der Waals surface area contributed by atoms with E-state index in [0.717, 1.165) is 18.4 Å². The van der Waals surface area contributed by atoms with Crippen LogP contribution in [-0.4, -0.2) is 15.0 Å². The van der Waals surface area contributed by atoms with Gasteiger partial charge in [0.1, 0.15) is 10.6 Å². The minimum atomic E-state index is -3.79. The van der Waals surface area contributed by atoms with Gasteiger partial charge in [-0.2, -0.15) is 0 Å². The van der Waals surface area contributed by atoms with E-state index >= 15 is 0 Å². The molecule has 0 heterocycles. The lowest BCUT2D eigenvalue weighted by Gasteiger charge is -2.13. The van der Waals surface area contributed by atoms with Crippen molar-refractivity contribution in [3.8, 4) is 5.75 Å². The van der Waals surface area contributed by atoms with Crippen molar-refractivity contribution < 1.29 is 13.2 Å². The highest BCUT2D eigenvalue weighted by atomic mass is 79.9. The highest BCUT2D eigenvalue weighted by Gasteiger charge is 2.18. The van der Waals surface area contributed by atoms with E-state index in [9.17, 15) is 8.42 Å². The van der Waals surface area contributed by atoms with Gasteiger partial charge >= 0.3 is 0 Å². The Hall–Kier alpha value is -0.590. The van der Waals surface area contributed by atoms with Gasteiger partial charge in [-0.05, 0) is 31.0 Å². The Kier molecular flexibility index (Phi) is 7.70. The molecule has 6 heteroatoms. The molecule has 0 saturated heterocycles. The van der Waals surface area contributed by atoms with Gasteiger partial charge < -0.3 is 4.74 Å². The van der Waals surface area contributed by atoms with Gasteiger partial charge in [0.25, 0.3) is 0 Å². The van der Waals surface area contributed by atoms with E-state index in [-0.39, 0.29) is 4.90 Å². The molecule has 2 N–H and O–H groups in total. The second kappa shape index (κ2) is 8.76. The number of sulfonamides is 1. The van der Waals surface area contributed by atoms with Gasteiger partial charge in [-0.15, -0.1) is 0 Å². The number of primary sulfonamides is 1. The maximum absolute atomic E-state index is 11.6. The topological polar surface area (TPSA) is 69.4 Å². The summed E-state index contributed by atoms with van der Waals surface area (Å²) >= 11 is 3.28. The average molecular weight is 378 g/mol. The van der Waals surface area contributed by atoms with E-state index in [0.29, 0.717) is 16.8 Å². The number of hydrogen-bond acceptors (Lipinski definition) is 3. The molecule has 0 atom stereocenters. The van der Waals surface area contributed by atoms with Crippen molar-refractivity contribution in [2.24, 2.45) is 5.14 Å². The normalized spacial score (nSPS) is 11.6. The maximum Gasteiger partial charge on any atom is 0.241 e. The third kappa shape index (κ3) is 6.36. The van der Waals surface area contributed by atoms with Gasteiger partial charge in [-0.3, -0.25) is 0 Å². The summed E-state index contributed by atoms with van der Waals surface area (Å²) in [4.78, 5) is 0.0420. The van der Waals surface area contributed by atoms with Crippen molar-refractivity contribution in [2.45, 2.75) is 57.3 Å². The molecule has 0 saturated carbocycles. The predicted octanol–water partition coefficient (Wildman–Crippen LogP) is 4.14. The van der Waals surface area contributed by atoms with Crippen LogP contribution in [0.5, 0.6) is 5.75 Å². The number of benzene rings is 1. The lowest BCUT2D eigenvalue weighted by atomic mass is 10.1. The lowest BCUT2D eigenvalue weighted by molar-refractivity contribution is 0.295. The van der Waals surface area contributed by atoms with E-state index in [1.165, 1.54) is 31.7 Å². The summed E-state index contributed by atoms with van der Waals surface area (Å²) in [6, 6.07) is 3.31. The Morgan fingerprint density at radius 2 is 1.76 bits per heavy atom. The molecule has 0 amide bonds. The summed E-state index contributed by atoms with van der Waals surface area (Å²) in [5.41, 5.74) is 0.763. The molecule has 1 rings (SSSR count). The van der Waals surface area contributed by atoms with Gasteiger partial charge in [-0.25, -0.2) is 13.6 Å². The Balaban J connectivity index is 2.63. The highest BCUT2D eigenvalue weighted by molar-refractivity contribution is 9.10. The van der Waals surface area contributed by atoms with Gasteiger partial charge in [0, 0.05) is 4.47 Å². The van der Waals surface area contributed by atoms with Crippen LogP contribution in [-0.2, 0) is 10.0 Å². The molecule has 0 aliphatic rings. The van der Waals surface area contributed by atoms with Crippen LogP contribution >= 0.6 is 15.9 Å². The molecule has 0 aromatic heterocycles. The van der Waals surface area contributed by atoms with Gasteiger partial charge in [-0.1, -0.05) is 55.0 Å². The van der Waals surface area contributed by atoms with Crippen LogP contribution in [0.25, 0.3) is 0 Å². The molecule has 21 heavy (non-hydrogen) atoms. The first-order chi connectivity index (χ1) is 9.86. The van der Waals surface area contributed by atoms with E-state index in [1.807, 2.05) is 13.0 Å². The SMILES string of the molecule is CCCCCCCCOc1c(C)cc(Br)cc1S(N)(=O)=O. The second-order valence-electron chi connectivity index (χ2n) is 5.21. The third-order valence-corrected chi connectivity index (χ3v) is 4.63. The molecule has 0 aliphatic carbocycles. The van der Waals surface area contributed by atoms with Gasteiger partial charge in [0.15, 0.2) is 0 Å². The molecule has 0 spiro atoms. The van der Waals surface area contributed by atoms with Crippen LogP contribution in [0.1, 0.15) is 51.0 Å². The fourth-order valence-electron chi connectivity index (χ4n) is 2.15.